The van der Waals surface area contributed by atoms with Crippen molar-refractivity contribution >= 4 is 29.6 Å². The van der Waals surface area contributed by atoms with Crippen LogP contribution in [0.25, 0.3) is 0 Å². The monoisotopic (exact) mass is 498 g/mol. The molecule has 4 aliphatic heterocycles. The minimum atomic E-state index is -1.01. The van der Waals surface area contributed by atoms with Crippen molar-refractivity contribution in [1.29, 1.82) is 0 Å². The summed E-state index contributed by atoms with van der Waals surface area (Å²) in [6.45, 7) is 1.80. The molecule has 1 N–H and O–H groups in total. The molecule has 194 valence electrons. The van der Waals surface area contributed by atoms with Gasteiger partial charge in [0.15, 0.2) is 0 Å². The van der Waals surface area contributed by atoms with Crippen molar-refractivity contribution in [1.82, 2.24) is 19.6 Å². The molecule has 5 rings (SSSR count). The number of carbonyl (C=O) groups is 5. The number of amides is 4. The van der Waals surface area contributed by atoms with Crippen LogP contribution in [0.1, 0.15) is 51.4 Å². The highest BCUT2D eigenvalue weighted by Gasteiger charge is 2.47. The molecule has 0 aromatic heterocycles. The van der Waals surface area contributed by atoms with Crippen LogP contribution in [0.2, 0.25) is 0 Å². The van der Waals surface area contributed by atoms with E-state index in [0.717, 1.165) is 6.42 Å². The zero-order chi connectivity index (χ0) is 25.4. The number of likely N-dealkylation sites (tertiary alicyclic amines) is 4. The van der Waals surface area contributed by atoms with Gasteiger partial charge in [-0.2, -0.15) is 0 Å². The molecule has 4 fully saturated rings. The quantitative estimate of drug-likeness (QED) is 0.598. The smallest absolute Gasteiger partial charge is 0.326 e. The SMILES string of the molecule is O=C(O)[C@@H]1CCCN1C(=O)[C@@H]1CCCN1C(=O)[C@@H]1CCCN1C(=O)[C@@H]1CCCN1C(=O)C1C=CC=C1. The van der Waals surface area contributed by atoms with E-state index in [4.69, 9.17) is 0 Å². The van der Waals surface area contributed by atoms with Gasteiger partial charge >= 0.3 is 5.97 Å². The van der Waals surface area contributed by atoms with E-state index >= 15 is 0 Å². The fourth-order valence-electron chi connectivity index (χ4n) is 6.51. The molecular formula is C26H34N4O6. The van der Waals surface area contributed by atoms with E-state index in [1.807, 2.05) is 24.3 Å². The average molecular weight is 499 g/mol. The Kier molecular flexibility index (Phi) is 6.85. The van der Waals surface area contributed by atoms with Crippen molar-refractivity contribution < 1.29 is 29.1 Å². The minimum Gasteiger partial charge on any atom is -0.480 e. The molecular weight excluding hydrogens is 464 g/mol. The summed E-state index contributed by atoms with van der Waals surface area (Å²) in [7, 11) is 0. The van der Waals surface area contributed by atoms with Gasteiger partial charge in [-0.1, -0.05) is 24.3 Å². The lowest BCUT2D eigenvalue weighted by molar-refractivity contribution is -0.154. The first-order valence-corrected chi connectivity index (χ1v) is 13.2. The van der Waals surface area contributed by atoms with Gasteiger partial charge in [0, 0.05) is 26.2 Å². The minimum absolute atomic E-state index is 0.0817. The summed E-state index contributed by atoms with van der Waals surface area (Å²) in [5.41, 5.74) is 0. The fourth-order valence-corrected chi connectivity index (χ4v) is 6.51. The number of rotatable bonds is 5. The normalized spacial score (nSPS) is 30.1. The summed E-state index contributed by atoms with van der Waals surface area (Å²) in [6.07, 6.45) is 12.1. The van der Waals surface area contributed by atoms with E-state index in [9.17, 15) is 29.1 Å². The molecule has 10 heteroatoms. The Balaban J connectivity index is 1.28. The highest BCUT2D eigenvalue weighted by molar-refractivity contribution is 5.96. The van der Waals surface area contributed by atoms with Crippen LogP contribution < -0.4 is 0 Å². The van der Waals surface area contributed by atoms with Gasteiger partial charge in [0.25, 0.3) is 0 Å². The van der Waals surface area contributed by atoms with Gasteiger partial charge in [-0.15, -0.1) is 0 Å². The van der Waals surface area contributed by atoms with E-state index in [2.05, 4.69) is 0 Å². The van der Waals surface area contributed by atoms with Crippen LogP contribution in [0.15, 0.2) is 24.3 Å². The van der Waals surface area contributed by atoms with Crippen LogP contribution in [0, 0.1) is 5.92 Å². The average Bonchev–Trinajstić information content (AvgIpc) is 3.71. The molecule has 0 bridgehead atoms. The number of allylic oxidation sites excluding steroid dienone is 2. The Morgan fingerprint density at radius 3 is 1.25 bits per heavy atom. The highest BCUT2D eigenvalue weighted by Crippen LogP contribution is 2.31. The summed E-state index contributed by atoms with van der Waals surface area (Å²) in [6, 6.07) is -2.73. The molecule has 0 saturated carbocycles. The third kappa shape index (κ3) is 4.30. The van der Waals surface area contributed by atoms with E-state index in [1.54, 1.807) is 14.7 Å². The number of hydrogen-bond acceptors (Lipinski definition) is 5. The molecule has 36 heavy (non-hydrogen) atoms. The molecule has 4 amide bonds. The van der Waals surface area contributed by atoms with E-state index in [0.29, 0.717) is 71.1 Å². The van der Waals surface area contributed by atoms with Gasteiger partial charge in [0.1, 0.15) is 24.2 Å². The molecule has 1 aliphatic carbocycles. The molecule has 0 aromatic rings. The van der Waals surface area contributed by atoms with E-state index in [1.165, 1.54) is 4.90 Å². The standard InChI is InChI=1S/C26H34N4O6/c31-22(17-7-1-2-8-17)27-13-3-9-18(27)23(32)28-14-4-10-19(28)24(33)29-15-5-11-20(29)25(34)30-16-6-12-21(30)26(35)36/h1-2,7-8,17-21H,3-6,9-16H2,(H,35,36)/t18-,19-,20-,21-/m0/s1. The van der Waals surface area contributed by atoms with Crippen molar-refractivity contribution in [2.24, 2.45) is 5.92 Å². The number of carboxylic acid groups (broad SMARTS) is 1. The highest BCUT2D eigenvalue weighted by atomic mass is 16.4. The number of hydrogen-bond donors (Lipinski definition) is 1. The number of aliphatic carboxylic acids is 1. The Morgan fingerprint density at radius 2 is 0.861 bits per heavy atom. The van der Waals surface area contributed by atoms with Crippen molar-refractivity contribution in [3.8, 4) is 0 Å². The second kappa shape index (κ2) is 10.1. The molecule has 4 heterocycles. The van der Waals surface area contributed by atoms with Crippen LogP contribution in [0.3, 0.4) is 0 Å². The van der Waals surface area contributed by atoms with Crippen LogP contribution >= 0.6 is 0 Å². The summed E-state index contributed by atoms with van der Waals surface area (Å²) >= 11 is 0. The van der Waals surface area contributed by atoms with Crippen molar-refractivity contribution in [2.45, 2.75) is 75.5 Å². The molecule has 0 aromatic carbocycles. The van der Waals surface area contributed by atoms with Gasteiger partial charge in [-0.05, 0) is 51.4 Å². The maximum atomic E-state index is 13.7. The number of carboxylic acids is 1. The Morgan fingerprint density at radius 1 is 0.528 bits per heavy atom. The van der Waals surface area contributed by atoms with Crippen molar-refractivity contribution in [2.75, 3.05) is 26.2 Å². The summed E-state index contributed by atoms with van der Waals surface area (Å²) in [4.78, 5) is 71.5. The van der Waals surface area contributed by atoms with Gasteiger partial charge in [-0.3, -0.25) is 19.2 Å². The fraction of sp³-hybridized carbons (Fsp3) is 0.654. The topological polar surface area (TPSA) is 119 Å². The lowest BCUT2D eigenvalue weighted by Crippen LogP contribution is -2.57. The van der Waals surface area contributed by atoms with Gasteiger partial charge in [0.05, 0.1) is 5.92 Å². The predicted molar refractivity (Wildman–Crippen MR) is 128 cm³/mol. The Hall–Kier alpha value is -3.17. The predicted octanol–water partition coefficient (Wildman–Crippen LogP) is 0.777. The number of nitrogens with zero attached hydrogens (tertiary/aromatic N) is 4. The molecule has 4 saturated heterocycles. The zero-order valence-electron chi connectivity index (χ0n) is 20.5. The first kappa shape index (κ1) is 24.5. The third-order valence-corrected chi connectivity index (χ3v) is 8.32. The third-order valence-electron chi connectivity index (χ3n) is 8.32. The van der Waals surface area contributed by atoms with E-state index < -0.39 is 30.1 Å². The van der Waals surface area contributed by atoms with Crippen LogP contribution in [0.5, 0.6) is 0 Å². The second-order valence-corrected chi connectivity index (χ2v) is 10.4. The van der Waals surface area contributed by atoms with Crippen LogP contribution in [-0.2, 0) is 24.0 Å². The Labute approximate surface area is 210 Å². The van der Waals surface area contributed by atoms with Crippen LogP contribution in [0.4, 0.5) is 0 Å². The van der Waals surface area contributed by atoms with Crippen molar-refractivity contribution in [3.63, 3.8) is 0 Å². The van der Waals surface area contributed by atoms with Gasteiger partial charge in [-0.25, -0.2) is 4.79 Å². The molecule has 5 aliphatic rings. The molecule has 10 nitrogen and oxygen atoms in total. The largest absolute Gasteiger partial charge is 0.480 e. The lowest BCUT2D eigenvalue weighted by atomic mass is 10.1. The van der Waals surface area contributed by atoms with Crippen molar-refractivity contribution in [3.05, 3.63) is 24.3 Å². The van der Waals surface area contributed by atoms with Gasteiger partial charge < -0.3 is 24.7 Å². The molecule has 0 radical (unpaired) electrons. The molecule has 0 spiro atoms. The first-order chi connectivity index (χ1) is 17.4. The number of carbonyl (C=O) groups excluding carboxylic acids is 4. The second-order valence-electron chi connectivity index (χ2n) is 10.4. The molecule has 4 atom stereocenters. The summed E-state index contributed by atoms with van der Waals surface area (Å²) in [5, 5.41) is 9.50. The maximum absolute atomic E-state index is 13.7. The summed E-state index contributed by atoms with van der Waals surface area (Å²) in [5.74, 6) is -2.15. The van der Waals surface area contributed by atoms with Gasteiger partial charge in [0.2, 0.25) is 23.6 Å². The van der Waals surface area contributed by atoms with Crippen LogP contribution in [-0.4, -0.2) is 105 Å². The zero-order valence-corrected chi connectivity index (χ0v) is 20.5. The maximum Gasteiger partial charge on any atom is 0.326 e. The first-order valence-electron chi connectivity index (χ1n) is 13.2. The molecule has 0 unspecified atom stereocenters. The van der Waals surface area contributed by atoms with E-state index in [-0.39, 0.29) is 29.5 Å². The Bertz CT molecular complexity index is 996. The summed E-state index contributed by atoms with van der Waals surface area (Å²) < 4.78 is 0. The lowest BCUT2D eigenvalue weighted by Gasteiger charge is -2.35.